The van der Waals surface area contributed by atoms with Crippen molar-refractivity contribution in [1.82, 2.24) is 0 Å². The summed E-state index contributed by atoms with van der Waals surface area (Å²) in [4.78, 5) is 0. The highest BCUT2D eigenvalue weighted by Gasteiger charge is 2.50. The van der Waals surface area contributed by atoms with Gasteiger partial charge in [0.25, 0.3) is 0 Å². The zero-order valence-corrected chi connectivity index (χ0v) is 25.9. The van der Waals surface area contributed by atoms with Crippen molar-refractivity contribution in [3.63, 3.8) is 0 Å². The average molecular weight is 563 g/mol. The third kappa shape index (κ3) is 8.35. The van der Waals surface area contributed by atoms with E-state index in [-0.39, 0.29) is 35.6 Å². The summed E-state index contributed by atoms with van der Waals surface area (Å²) in [6.07, 6.45) is -1.45. The molecule has 0 N–H and O–H groups in total. The van der Waals surface area contributed by atoms with Gasteiger partial charge in [0.05, 0.1) is 38.6 Å². The Morgan fingerprint density at radius 3 is 1.57 bits per heavy atom. The molecule has 40 heavy (non-hydrogen) atoms. The predicted molar refractivity (Wildman–Crippen MR) is 163 cm³/mol. The molecular weight excluding hydrogens is 516 g/mol. The van der Waals surface area contributed by atoms with E-state index in [9.17, 15) is 0 Å². The highest BCUT2D eigenvalue weighted by Crippen LogP contribution is 2.40. The first-order valence-corrected chi connectivity index (χ1v) is 17.3. The van der Waals surface area contributed by atoms with E-state index >= 15 is 0 Å². The van der Waals surface area contributed by atoms with Crippen LogP contribution >= 0.6 is 0 Å². The summed E-state index contributed by atoms with van der Waals surface area (Å²) in [6, 6.07) is 30.7. The molecule has 5 atom stereocenters. The summed E-state index contributed by atoms with van der Waals surface area (Å²) in [5.74, 6) is 0. The first-order chi connectivity index (χ1) is 19.1. The molecule has 0 bridgehead atoms. The fourth-order valence-electron chi connectivity index (χ4n) is 4.70. The Morgan fingerprint density at radius 2 is 1.10 bits per heavy atom. The van der Waals surface area contributed by atoms with Crippen molar-refractivity contribution in [3.8, 4) is 0 Å². The minimum absolute atomic E-state index is 0.0483. The summed E-state index contributed by atoms with van der Waals surface area (Å²) in [5, 5.41) is 0.0483. The van der Waals surface area contributed by atoms with E-state index in [1.165, 1.54) is 0 Å². The molecule has 0 radical (unpaired) electrons. The maximum absolute atomic E-state index is 7.03. The summed E-state index contributed by atoms with van der Waals surface area (Å²) < 4.78 is 33.3. The van der Waals surface area contributed by atoms with Crippen molar-refractivity contribution < 1.29 is 23.4 Å². The van der Waals surface area contributed by atoms with Gasteiger partial charge in [-0.2, -0.15) is 0 Å². The van der Waals surface area contributed by atoms with Crippen molar-refractivity contribution in [2.45, 2.75) is 96.2 Å². The lowest BCUT2D eigenvalue weighted by molar-refractivity contribution is -0.254. The Kier molecular flexibility index (Phi) is 10.7. The minimum Gasteiger partial charge on any atom is -0.409 e. The predicted octanol–water partition coefficient (Wildman–Crippen LogP) is 7.55. The molecular formula is C34H46O5Si. The van der Waals surface area contributed by atoms with Crippen molar-refractivity contribution in [1.29, 1.82) is 0 Å². The molecule has 3 aromatic rings. The van der Waals surface area contributed by atoms with Gasteiger partial charge in [-0.15, -0.1) is 0 Å². The molecule has 1 fully saturated rings. The second-order valence-electron chi connectivity index (χ2n) is 12.2. The van der Waals surface area contributed by atoms with Crippen LogP contribution in [-0.2, 0) is 43.2 Å². The van der Waals surface area contributed by atoms with E-state index in [1.807, 2.05) is 54.6 Å². The second-order valence-corrected chi connectivity index (χ2v) is 17.0. The van der Waals surface area contributed by atoms with Crippen LogP contribution < -0.4 is 0 Å². The van der Waals surface area contributed by atoms with Gasteiger partial charge in [-0.05, 0) is 41.7 Å². The van der Waals surface area contributed by atoms with E-state index in [0.29, 0.717) is 26.4 Å². The fraction of sp³-hybridized carbons (Fsp3) is 0.471. The zero-order chi connectivity index (χ0) is 28.6. The van der Waals surface area contributed by atoms with Crippen LogP contribution in [0.1, 0.15) is 44.4 Å². The van der Waals surface area contributed by atoms with Crippen LogP contribution in [0.3, 0.4) is 0 Å². The van der Waals surface area contributed by atoms with Crippen molar-refractivity contribution in [3.05, 3.63) is 108 Å². The topological polar surface area (TPSA) is 46.2 Å². The van der Waals surface area contributed by atoms with Crippen LogP contribution in [0.15, 0.2) is 91.0 Å². The Balaban J connectivity index is 1.60. The number of benzene rings is 3. The lowest BCUT2D eigenvalue weighted by atomic mass is 9.95. The van der Waals surface area contributed by atoms with Crippen molar-refractivity contribution in [2.75, 3.05) is 6.61 Å². The highest BCUT2D eigenvalue weighted by molar-refractivity contribution is 6.74. The third-order valence-electron chi connectivity index (χ3n) is 8.07. The molecule has 0 saturated carbocycles. The third-order valence-corrected chi connectivity index (χ3v) is 12.5. The van der Waals surface area contributed by atoms with Gasteiger partial charge in [0, 0.05) is 0 Å². The van der Waals surface area contributed by atoms with Gasteiger partial charge in [-0.25, -0.2) is 0 Å². The van der Waals surface area contributed by atoms with E-state index in [2.05, 4.69) is 77.2 Å². The van der Waals surface area contributed by atoms with Crippen molar-refractivity contribution in [2.24, 2.45) is 0 Å². The summed E-state index contributed by atoms with van der Waals surface area (Å²) in [6.45, 7) is 15.3. The molecule has 1 aliphatic heterocycles. The summed E-state index contributed by atoms with van der Waals surface area (Å²) >= 11 is 0. The van der Waals surface area contributed by atoms with E-state index in [1.54, 1.807) is 0 Å². The fourth-order valence-corrected chi connectivity index (χ4v) is 6.06. The molecule has 0 aromatic heterocycles. The molecule has 3 unspecified atom stereocenters. The van der Waals surface area contributed by atoms with E-state index < -0.39 is 8.32 Å². The Bertz CT molecular complexity index is 1130. The van der Waals surface area contributed by atoms with E-state index in [0.717, 1.165) is 16.7 Å². The maximum Gasteiger partial charge on any atom is 0.192 e. The standard InChI is InChI=1S/C34H46O5Si/c1-26-31(39-40(5,6)34(2,3)4)33(37-24-29-20-14-9-15-21-29)32(36-23-28-18-12-8-13-19-28)30(38-26)25-35-22-27-16-10-7-11-17-27/h7-21,26,30-33H,22-25H2,1-6H3/t26-,30?,31?,32-,33?/m0/s1. The molecule has 5 nitrogen and oxygen atoms in total. The second kappa shape index (κ2) is 14.0. The summed E-state index contributed by atoms with van der Waals surface area (Å²) in [7, 11) is -2.14. The van der Waals surface area contributed by atoms with Crippen LogP contribution in [-0.4, -0.2) is 45.4 Å². The quantitative estimate of drug-likeness (QED) is 0.213. The lowest BCUT2D eigenvalue weighted by Crippen LogP contribution is -2.63. The number of ether oxygens (including phenoxy) is 4. The Labute approximate surface area is 241 Å². The van der Waals surface area contributed by atoms with Gasteiger partial charge < -0.3 is 23.4 Å². The smallest absolute Gasteiger partial charge is 0.192 e. The molecule has 4 rings (SSSR count). The van der Waals surface area contributed by atoms with Gasteiger partial charge in [-0.1, -0.05) is 112 Å². The normalized spacial score (nSPS) is 23.7. The largest absolute Gasteiger partial charge is 0.409 e. The molecule has 1 aliphatic rings. The van der Waals surface area contributed by atoms with Crippen LogP contribution in [0.25, 0.3) is 0 Å². The highest BCUT2D eigenvalue weighted by atomic mass is 28.4. The molecule has 6 heteroatoms. The maximum atomic E-state index is 7.03. The van der Waals surface area contributed by atoms with Gasteiger partial charge in [-0.3, -0.25) is 0 Å². The lowest BCUT2D eigenvalue weighted by Gasteiger charge is -2.49. The van der Waals surface area contributed by atoms with Crippen LogP contribution in [0.2, 0.25) is 18.1 Å². The Morgan fingerprint density at radius 1 is 0.650 bits per heavy atom. The SMILES string of the molecule is C[C@@H]1OC(COCc2ccccc2)[C@H](OCc2ccccc2)C(OCc2ccccc2)C1O[Si](C)(C)C(C)(C)C. The molecule has 216 valence electrons. The van der Waals surface area contributed by atoms with Crippen LogP contribution in [0.5, 0.6) is 0 Å². The molecule has 0 amide bonds. The molecule has 1 saturated heterocycles. The first-order valence-electron chi connectivity index (χ1n) is 14.4. The number of rotatable bonds is 12. The van der Waals surface area contributed by atoms with Crippen LogP contribution in [0.4, 0.5) is 0 Å². The number of hydrogen-bond acceptors (Lipinski definition) is 5. The summed E-state index contributed by atoms with van der Waals surface area (Å²) in [5.41, 5.74) is 3.35. The molecule has 0 aliphatic carbocycles. The van der Waals surface area contributed by atoms with E-state index in [4.69, 9.17) is 23.4 Å². The minimum atomic E-state index is -2.14. The first kappa shape index (κ1) is 30.6. The van der Waals surface area contributed by atoms with Gasteiger partial charge >= 0.3 is 0 Å². The average Bonchev–Trinajstić information content (AvgIpc) is 2.94. The zero-order valence-electron chi connectivity index (χ0n) is 24.9. The Hall–Kier alpha value is -2.32. The van der Waals surface area contributed by atoms with Crippen molar-refractivity contribution >= 4 is 8.32 Å². The monoisotopic (exact) mass is 562 g/mol. The van der Waals surface area contributed by atoms with Crippen LogP contribution in [0, 0.1) is 0 Å². The number of hydrogen-bond donors (Lipinski definition) is 0. The molecule has 1 heterocycles. The molecule has 0 spiro atoms. The van der Waals surface area contributed by atoms with Gasteiger partial charge in [0.1, 0.15) is 18.3 Å². The van der Waals surface area contributed by atoms with Gasteiger partial charge in [0.2, 0.25) is 0 Å². The molecule has 3 aromatic carbocycles. The van der Waals surface area contributed by atoms with Gasteiger partial charge in [0.15, 0.2) is 8.32 Å².